The van der Waals surface area contributed by atoms with Crippen molar-refractivity contribution in [3.05, 3.63) is 12.2 Å². The molecule has 1 saturated carbocycles. The van der Waals surface area contributed by atoms with Gasteiger partial charge < -0.3 is 9.22 Å². The Morgan fingerprint density at radius 3 is 2.42 bits per heavy atom. The summed E-state index contributed by atoms with van der Waals surface area (Å²) in [5, 5.41) is 0.0779. The van der Waals surface area contributed by atoms with Crippen LogP contribution in [0.15, 0.2) is 12.2 Å². The summed E-state index contributed by atoms with van der Waals surface area (Å²) in [6.07, 6.45) is 3.75. The monoisotopic (exact) mass is 352 g/mol. The number of allylic oxidation sites excluding steroid dienone is 1. The number of carbonyl (C=O) groups excluding carboxylic acids is 2. The summed E-state index contributed by atoms with van der Waals surface area (Å²) in [5.41, 5.74) is 1.06. The van der Waals surface area contributed by atoms with Crippen LogP contribution in [0.2, 0.25) is 18.1 Å². The van der Waals surface area contributed by atoms with E-state index in [1.807, 2.05) is 13.8 Å². The Hall–Kier alpha value is -0.743. The van der Waals surface area contributed by atoms with Crippen molar-refractivity contribution in [2.24, 2.45) is 17.8 Å². The van der Waals surface area contributed by atoms with E-state index in [0.29, 0.717) is 18.6 Å². The van der Waals surface area contributed by atoms with E-state index in [1.165, 1.54) is 0 Å². The van der Waals surface area contributed by atoms with E-state index >= 15 is 0 Å². The highest BCUT2D eigenvalue weighted by molar-refractivity contribution is 6.74. The van der Waals surface area contributed by atoms with Gasteiger partial charge in [0.1, 0.15) is 12.1 Å². The van der Waals surface area contributed by atoms with Crippen LogP contribution < -0.4 is 0 Å². The zero-order valence-electron chi connectivity index (χ0n) is 16.6. The molecule has 0 aliphatic heterocycles. The number of carbonyl (C=O) groups is 2. The van der Waals surface area contributed by atoms with Gasteiger partial charge in [0, 0.05) is 18.3 Å². The normalized spacial score (nSPS) is 27.0. The summed E-state index contributed by atoms with van der Waals surface area (Å²) in [4.78, 5) is 24.0. The lowest BCUT2D eigenvalue weighted by Crippen LogP contribution is -2.50. The molecule has 0 unspecified atom stereocenters. The highest BCUT2D eigenvalue weighted by atomic mass is 28.4. The molecule has 0 amide bonds. The molecule has 1 rings (SSSR count). The van der Waals surface area contributed by atoms with Crippen LogP contribution in [0.25, 0.3) is 0 Å². The largest absolute Gasteiger partial charge is 0.413 e. The van der Waals surface area contributed by atoms with E-state index in [4.69, 9.17) is 4.43 Å². The van der Waals surface area contributed by atoms with Gasteiger partial charge >= 0.3 is 0 Å². The van der Waals surface area contributed by atoms with Crippen LogP contribution in [-0.2, 0) is 14.0 Å². The van der Waals surface area contributed by atoms with Crippen LogP contribution in [0, 0.1) is 17.8 Å². The van der Waals surface area contributed by atoms with Crippen molar-refractivity contribution < 1.29 is 14.0 Å². The van der Waals surface area contributed by atoms with Crippen LogP contribution in [0.4, 0.5) is 0 Å². The van der Waals surface area contributed by atoms with Crippen molar-refractivity contribution in [3.8, 4) is 0 Å². The van der Waals surface area contributed by atoms with Gasteiger partial charge in [-0.25, -0.2) is 0 Å². The molecule has 138 valence electrons. The molecule has 0 aromatic carbocycles. The van der Waals surface area contributed by atoms with E-state index < -0.39 is 8.32 Å². The molecule has 0 bridgehead atoms. The average Bonchev–Trinajstić information content (AvgIpc) is 2.44. The van der Waals surface area contributed by atoms with Gasteiger partial charge in [0.15, 0.2) is 8.32 Å². The molecule has 0 spiro atoms. The Morgan fingerprint density at radius 2 is 1.96 bits per heavy atom. The minimum Gasteiger partial charge on any atom is -0.413 e. The van der Waals surface area contributed by atoms with Gasteiger partial charge in [0.25, 0.3) is 0 Å². The molecule has 1 fully saturated rings. The molecule has 0 aromatic rings. The van der Waals surface area contributed by atoms with Crippen molar-refractivity contribution in [1.82, 2.24) is 0 Å². The van der Waals surface area contributed by atoms with Gasteiger partial charge in [0.05, 0.1) is 6.10 Å². The Labute approximate surface area is 149 Å². The highest BCUT2D eigenvalue weighted by Crippen LogP contribution is 2.43. The molecule has 1 aliphatic carbocycles. The van der Waals surface area contributed by atoms with E-state index in [0.717, 1.165) is 24.7 Å². The Morgan fingerprint density at radius 1 is 1.38 bits per heavy atom. The second-order valence-electron chi connectivity index (χ2n) is 9.02. The predicted octanol–water partition coefficient (Wildman–Crippen LogP) is 5.16. The predicted molar refractivity (Wildman–Crippen MR) is 103 cm³/mol. The zero-order chi connectivity index (χ0) is 18.7. The molecular formula is C20H36O3Si. The molecule has 0 aromatic heterocycles. The maximum absolute atomic E-state index is 13.0. The molecule has 1 aliphatic rings. The van der Waals surface area contributed by atoms with Crippen LogP contribution in [0.5, 0.6) is 0 Å². The van der Waals surface area contributed by atoms with Gasteiger partial charge in [-0.1, -0.05) is 39.8 Å². The number of hydrogen-bond acceptors (Lipinski definition) is 3. The van der Waals surface area contributed by atoms with Crippen molar-refractivity contribution >= 4 is 20.4 Å². The Kier molecular flexibility index (Phi) is 7.18. The summed E-state index contributed by atoms with van der Waals surface area (Å²) in [6, 6.07) is 0. The van der Waals surface area contributed by atoms with Gasteiger partial charge in [-0.2, -0.15) is 0 Å². The van der Waals surface area contributed by atoms with Gasteiger partial charge in [-0.05, 0) is 50.2 Å². The fourth-order valence-electron chi connectivity index (χ4n) is 3.37. The lowest BCUT2D eigenvalue weighted by Gasteiger charge is -2.45. The Balaban J connectivity index is 3.17. The third-order valence-electron chi connectivity index (χ3n) is 6.01. The quantitative estimate of drug-likeness (QED) is 0.361. The number of aldehydes is 1. The first-order valence-corrected chi connectivity index (χ1v) is 12.1. The average molecular weight is 353 g/mol. The molecule has 0 heterocycles. The van der Waals surface area contributed by atoms with Gasteiger partial charge in [-0.15, -0.1) is 0 Å². The summed E-state index contributed by atoms with van der Waals surface area (Å²) >= 11 is 0. The third kappa shape index (κ3) is 4.88. The summed E-state index contributed by atoms with van der Waals surface area (Å²) in [5.74, 6) is 0.395. The molecule has 4 heteroatoms. The maximum atomic E-state index is 13.0. The topological polar surface area (TPSA) is 43.4 Å². The summed E-state index contributed by atoms with van der Waals surface area (Å²) in [7, 11) is -2.02. The second-order valence-corrected chi connectivity index (χ2v) is 13.8. The number of Topliss-reactive ketones (excluding diaryl/α,β-unsaturated/α-hetero) is 1. The molecule has 3 nitrogen and oxygen atoms in total. The van der Waals surface area contributed by atoms with Crippen LogP contribution in [0.3, 0.4) is 0 Å². The lowest BCUT2D eigenvalue weighted by molar-refractivity contribution is -0.135. The summed E-state index contributed by atoms with van der Waals surface area (Å²) < 4.78 is 6.66. The van der Waals surface area contributed by atoms with Crippen molar-refractivity contribution in [1.29, 1.82) is 0 Å². The zero-order valence-corrected chi connectivity index (χ0v) is 17.6. The molecule has 0 N–H and O–H groups in total. The minimum atomic E-state index is -2.02. The first-order chi connectivity index (χ1) is 10.9. The fraction of sp³-hybridized carbons (Fsp3) is 0.800. The van der Waals surface area contributed by atoms with Crippen LogP contribution in [0.1, 0.15) is 60.3 Å². The van der Waals surface area contributed by atoms with Crippen LogP contribution >= 0.6 is 0 Å². The molecular weight excluding hydrogens is 316 g/mol. The van der Waals surface area contributed by atoms with Crippen LogP contribution in [-0.4, -0.2) is 26.5 Å². The number of ketones is 1. The molecule has 0 radical (unpaired) electrons. The maximum Gasteiger partial charge on any atom is 0.192 e. The van der Waals surface area contributed by atoms with Crippen molar-refractivity contribution in [3.63, 3.8) is 0 Å². The standard InChI is InChI=1S/C20H36O3Si/c1-14(2)16-12-11-15(3)19(22)18(16)17(10-9-13-21)23-24(7,8)20(4,5)6/h13,15-18H,1,9-12H2,2-8H3/t15-,16+,17-,18-/m0/s1. The second kappa shape index (κ2) is 8.09. The Bertz CT molecular complexity index is 476. The first-order valence-electron chi connectivity index (χ1n) is 9.23. The number of rotatable bonds is 7. The van der Waals surface area contributed by atoms with E-state index in [2.05, 4.69) is 40.4 Å². The number of hydrogen-bond donors (Lipinski definition) is 0. The molecule has 4 atom stereocenters. The summed E-state index contributed by atoms with van der Waals surface area (Å²) in [6.45, 7) is 19.2. The van der Waals surface area contributed by atoms with Gasteiger partial charge in [-0.3, -0.25) is 4.79 Å². The van der Waals surface area contributed by atoms with E-state index in [1.54, 1.807) is 0 Å². The fourth-order valence-corrected chi connectivity index (χ4v) is 4.75. The minimum absolute atomic E-state index is 0.0762. The highest BCUT2D eigenvalue weighted by Gasteiger charge is 2.46. The van der Waals surface area contributed by atoms with E-state index in [9.17, 15) is 9.59 Å². The van der Waals surface area contributed by atoms with Crippen molar-refractivity contribution in [2.45, 2.75) is 84.5 Å². The van der Waals surface area contributed by atoms with Crippen molar-refractivity contribution in [2.75, 3.05) is 0 Å². The van der Waals surface area contributed by atoms with Gasteiger partial charge in [0.2, 0.25) is 0 Å². The lowest BCUT2D eigenvalue weighted by atomic mass is 9.68. The molecule has 24 heavy (non-hydrogen) atoms. The van der Waals surface area contributed by atoms with E-state index in [-0.39, 0.29) is 28.9 Å². The SMILES string of the molecule is C=C(C)[C@H]1CC[C@H](C)C(=O)[C@@H]1[C@H](CCC=O)O[Si](C)(C)C(C)(C)C. The first kappa shape index (κ1) is 21.3. The smallest absolute Gasteiger partial charge is 0.192 e. The third-order valence-corrected chi connectivity index (χ3v) is 10.5. The molecule has 0 saturated heterocycles.